The van der Waals surface area contributed by atoms with E-state index < -0.39 is 0 Å². The molecule has 104 valence electrons. The van der Waals surface area contributed by atoms with Gasteiger partial charge in [-0.15, -0.1) is 0 Å². The van der Waals surface area contributed by atoms with Crippen molar-refractivity contribution >= 4 is 23.2 Å². The molecule has 5 heteroatoms. The summed E-state index contributed by atoms with van der Waals surface area (Å²) in [5, 5.41) is 3.64. The molecule has 0 unspecified atom stereocenters. The lowest BCUT2D eigenvalue weighted by Gasteiger charge is -2.22. The van der Waals surface area contributed by atoms with E-state index in [1.165, 1.54) is 0 Å². The summed E-state index contributed by atoms with van der Waals surface area (Å²) >= 11 is 6.01. The third-order valence-corrected chi connectivity index (χ3v) is 3.72. The Kier molecular flexibility index (Phi) is 4.66. The van der Waals surface area contributed by atoms with Gasteiger partial charge in [-0.25, -0.2) is 0 Å². The van der Waals surface area contributed by atoms with E-state index in [0.29, 0.717) is 10.6 Å². The van der Waals surface area contributed by atoms with Crippen molar-refractivity contribution < 1.29 is 4.79 Å². The number of likely N-dealkylation sites (N-methyl/N-ethyl adjacent to an activating group) is 1. The van der Waals surface area contributed by atoms with E-state index in [0.717, 1.165) is 38.3 Å². The molecular weight excluding hydrogens is 262 g/mol. The fourth-order valence-electron chi connectivity index (χ4n) is 2.33. The first-order valence-electron chi connectivity index (χ1n) is 6.57. The van der Waals surface area contributed by atoms with E-state index in [4.69, 9.17) is 11.6 Å². The fraction of sp³-hybridized carbons (Fsp3) is 0.500. The Hall–Kier alpha value is -1.26. The maximum Gasteiger partial charge on any atom is 0.256 e. The Balaban J connectivity index is 2.21. The minimum Gasteiger partial charge on any atom is -0.387 e. The van der Waals surface area contributed by atoms with Crippen LogP contribution in [0.15, 0.2) is 18.2 Å². The molecule has 1 aromatic rings. The minimum absolute atomic E-state index is 0.0575. The molecule has 0 spiro atoms. The van der Waals surface area contributed by atoms with Gasteiger partial charge in [-0.1, -0.05) is 11.6 Å². The predicted molar refractivity (Wildman–Crippen MR) is 79.0 cm³/mol. The molecule has 1 aliphatic heterocycles. The molecule has 0 aliphatic carbocycles. The van der Waals surface area contributed by atoms with Crippen molar-refractivity contribution in [3.05, 3.63) is 28.8 Å². The largest absolute Gasteiger partial charge is 0.387 e. The lowest BCUT2D eigenvalue weighted by atomic mass is 10.1. The van der Waals surface area contributed by atoms with Crippen molar-refractivity contribution in [1.82, 2.24) is 9.80 Å². The molecule has 1 saturated heterocycles. The van der Waals surface area contributed by atoms with Gasteiger partial charge in [0.1, 0.15) is 0 Å². The molecule has 1 aromatic carbocycles. The number of amides is 1. The molecule has 0 bridgehead atoms. The van der Waals surface area contributed by atoms with Crippen LogP contribution in [0.25, 0.3) is 0 Å². The third kappa shape index (κ3) is 3.39. The SMILES string of the molecule is CNc1ccc(Cl)cc1C(=O)N1CCCN(C)CC1. The minimum atomic E-state index is 0.0575. The number of rotatable bonds is 2. The van der Waals surface area contributed by atoms with E-state index in [9.17, 15) is 4.79 Å². The number of benzene rings is 1. The van der Waals surface area contributed by atoms with E-state index in [2.05, 4.69) is 17.3 Å². The molecule has 0 aromatic heterocycles. The van der Waals surface area contributed by atoms with Crippen molar-refractivity contribution in [3.63, 3.8) is 0 Å². The average Bonchev–Trinajstić information content (AvgIpc) is 2.62. The molecule has 0 saturated carbocycles. The van der Waals surface area contributed by atoms with E-state index >= 15 is 0 Å². The van der Waals surface area contributed by atoms with Crippen LogP contribution in [-0.2, 0) is 0 Å². The Labute approximate surface area is 119 Å². The van der Waals surface area contributed by atoms with Gasteiger partial charge in [0.25, 0.3) is 5.91 Å². The quantitative estimate of drug-likeness (QED) is 0.902. The van der Waals surface area contributed by atoms with E-state index in [-0.39, 0.29) is 5.91 Å². The van der Waals surface area contributed by atoms with Crippen LogP contribution in [0.1, 0.15) is 16.8 Å². The Morgan fingerprint density at radius 1 is 1.26 bits per heavy atom. The van der Waals surface area contributed by atoms with Crippen molar-refractivity contribution in [3.8, 4) is 0 Å². The summed E-state index contributed by atoms with van der Waals surface area (Å²) in [6.45, 7) is 3.53. The highest BCUT2D eigenvalue weighted by atomic mass is 35.5. The Bertz CT molecular complexity index is 464. The van der Waals surface area contributed by atoms with Crippen molar-refractivity contribution in [2.45, 2.75) is 6.42 Å². The van der Waals surface area contributed by atoms with Gasteiger partial charge in [0.15, 0.2) is 0 Å². The zero-order valence-electron chi connectivity index (χ0n) is 11.4. The maximum atomic E-state index is 12.6. The smallest absolute Gasteiger partial charge is 0.256 e. The summed E-state index contributed by atoms with van der Waals surface area (Å²) in [4.78, 5) is 16.8. The van der Waals surface area contributed by atoms with E-state index in [1.54, 1.807) is 12.1 Å². The van der Waals surface area contributed by atoms with Crippen LogP contribution in [0.2, 0.25) is 5.02 Å². The molecule has 2 rings (SSSR count). The highest BCUT2D eigenvalue weighted by Gasteiger charge is 2.21. The maximum absolute atomic E-state index is 12.6. The summed E-state index contributed by atoms with van der Waals surface area (Å²) in [5.74, 6) is 0.0575. The van der Waals surface area contributed by atoms with Crippen LogP contribution in [0.3, 0.4) is 0 Å². The molecular formula is C14H20ClN3O. The number of hydrogen-bond donors (Lipinski definition) is 1. The Morgan fingerprint density at radius 2 is 2.05 bits per heavy atom. The van der Waals surface area contributed by atoms with E-state index in [1.807, 2.05) is 18.0 Å². The molecule has 0 radical (unpaired) electrons. The van der Waals surface area contributed by atoms with Crippen molar-refractivity contribution in [1.29, 1.82) is 0 Å². The van der Waals surface area contributed by atoms with Crippen LogP contribution in [0.5, 0.6) is 0 Å². The van der Waals surface area contributed by atoms with Gasteiger partial charge in [0.05, 0.1) is 5.56 Å². The van der Waals surface area contributed by atoms with Gasteiger partial charge in [-0.2, -0.15) is 0 Å². The molecule has 1 fully saturated rings. The van der Waals surface area contributed by atoms with Crippen molar-refractivity contribution in [2.75, 3.05) is 45.6 Å². The second kappa shape index (κ2) is 6.26. The van der Waals surface area contributed by atoms with Gasteiger partial charge in [0, 0.05) is 37.4 Å². The lowest BCUT2D eigenvalue weighted by molar-refractivity contribution is 0.0764. The molecule has 1 N–H and O–H groups in total. The second-order valence-corrected chi connectivity index (χ2v) is 5.33. The first-order chi connectivity index (χ1) is 9.11. The Morgan fingerprint density at radius 3 is 2.79 bits per heavy atom. The normalized spacial score (nSPS) is 17.1. The monoisotopic (exact) mass is 281 g/mol. The highest BCUT2D eigenvalue weighted by molar-refractivity contribution is 6.31. The summed E-state index contributed by atoms with van der Waals surface area (Å²) in [5.41, 5.74) is 1.48. The van der Waals surface area contributed by atoms with Crippen LogP contribution in [0, 0.1) is 0 Å². The number of nitrogens with one attached hydrogen (secondary N) is 1. The number of nitrogens with zero attached hydrogens (tertiary/aromatic N) is 2. The zero-order chi connectivity index (χ0) is 13.8. The molecule has 1 aliphatic rings. The summed E-state index contributed by atoms with van der Waals surface area (Å²) in [6.07, 6.45) is 1.01. The standard InChI is InChI=1S/C14H20ClN3O/c1-16-13-5-4-11(15)10-12(13)14(19)18-7-3-6-17(2)8-9-18/h4-5,10,16H,3,6-9H2,1-2H3. The zero-order valence-corrected chi connectivity index (χ0v) is 12.2. The molecule has 1 heterocycles. The first kappa shape index (κ1) is 14.2. The number of carbonyl (C=O) groups excluding carboxylic acids is 1. The number of anilines is 1. The lowest BCUT2D eigenvalue weighted by Crippen LogP contribution is -2.34. The van der Waals surface area contributed by atoms with Crippen molar-refractivity contribution in [2.24, 2.45) is 0 Å². The summed E-state index contributed by atoms with van der Waals surface area (Å²) in [7, 11) is 3.91. The molecule has 19 heavy (non-hydrogen) atoms. The average molecular weight is 282 g/mol. The number of carbonyl (C=O) groups is 1. The van der Waals surface area contributed by atoms with Gasteiger partial charge in [-0.05, 0) is 38.2 Å². The van der Waals surface area contributed by atoms with Crippen LogP contribution in [-0.4, -0.2) is 56.0 Å². The van der Waals surface area contributed by atoms with Crippen LogP contribution in [0.4, 0.5) is 5.69 Å². The van der Waals surface area contributed by atoms with Gasteiger partial charge in [0.2, 0.25) is 0 Å². The number of hydrogen-bond acceptors (Lipinski definition) is 3. The van der Waals surface area contributed by atoms with Gasteiger partial charge < -0.3 is 15.1 Å². The van der Waals surface area contributed by atoms with Crippen LogP contribution < -0.4 is 5.32 Å². The molecule has 0 atom stereocenters. The molecule has 1 amide bonds. The second-order valence-electron chi connectivity index (χ2n) is 4.89. The summed E-state index contributed by atoms with van der Waals surface area (Å²) < 4.78 is 0. The third-order valence-electron chi connectivity index (χ3n) is 3.49. The van der Waals surface area contributed by atoms with Gasteiger partial charge in [-0.3, -0.25) is 4.79 Å². The molecule has 4 nitrogen and oxygen atoms in total. The van der Waals surface area contributed by atoms with Crippen LogP contribution >= 0.6 is 11.6 Å². The topological polar surface area (TPSA) is 35.6 Å². The highest BCUT2D eigenvalue weighted by Crippen LogP contribution is 2.22. The van der Waals surface area contributed by atoms with Gasteiger partial charge >= 0.3 is 0 Å². The fourth-order valence-corrected chi connectivity index (χ4v) is 2.50. The summed E-state index contributed by atoms with van der Waals surface area (Å²) in [6, 6.07) is 5.38. The predicted octanol–water partition coefficient (Wildman–Crippen LogP) is 2.16. The first-order valence-corrected chi connectivity index (χ1v) is 6.94. The number of halogens is 1.